The third-order valence-electron chi connectivity index (χ3n) is 2.16. The van der Waals surface area contributed by atoms with Crippen LogP contribution >= 0.6 is 11.6 Å². The zero-order valence-corrected chi connectivity index (χ0v) is 8.53. The Hall–Kier alpha value is -0.820. The van der Waals surface area contributed by atoms with Crippen molar-refractivity contribution in [1.29, 1.82) is 0 Å². The average Bonchev–Trinajstić information content (AvgIpc) is 2.08. The van der Waals surface area contributed by atoms with Gasteiger partial charge in [0.15, 0.2) is 0 Å². The van der Waals surface area contributed by atoms with E-state index in [2.05, 4.69) is 6.58 Å². The molecule has 0 aliphatic rings. The number of benzene rings is 1. The molecule has 0 saturated heterocycles. The Morgan fingerprint density at radius 1 is 1.54 bits per heavy atom. The molecule has 0 aliphatic heterocycles. The molecule has 2 heteroatoms. The van der Waals surface area contributed by atoms with Crippen molar-refractivity contribution < 1.29 is 4.39 Å². The Bertz CT molecular complexity index is 331. The molecule has 1 rings (SSSR count). The Morgan fingerprint density at radius 2 is 2.15 bits per heavy atom. The molecule has 0 bridgehead atoms. The lowest BCUT2D eigenvalue weighted by Gasteiger charge is -2.13. The van der Waals surface area contributed by atoms with E-state index >= 15 is 0 Å². The number of halogens is 2. The zero-order chi connectivity index (χ0) is 10.0. The molecular weight excluding hydrogens is 187 g/mol. The fraction of sp³-hybridized carbons (Fsp3) is 0.273. The summed E-state index contributed by atoms with van der Waals surface area (Å²) in [6, 6.07) is 4.39. The average molecular weight is 199 g/mol. The van der Waals surface area contributed by atoms with Crippen molar-refractivity contribution in [3.8, 4) is 0 Å². The van der Waals surface area contributed by atoms with Crippen LogP contribution in [0, 0.1) is 5.82 Å². The van der Waals surface area contributed by atoms with Crippen LogP contribution in [0.4, 0.5) is 4.39 Å². The molecule has 1 unspecified atom stereocenters. The molecule has 0 nitrogen and oxygen atoms in total. The first-order valence-corrected chi connectivity index (χ1v) is 4.50. The van der Waals surface area contributed by atoms with Gasteiger partial charge in [0.2, 0.25) is 0 Å². The van der Waals surface area contributed by atoms with Crippen LogP contribution in [-0.4, -0.2) is 0 Å². The van der Waals surface area contributed by atoms with E-state index in [0.29, 0.717) is 5.02 Å². The lowest BCUT2D eigenvalue weighted by molar-refractivity contribution is 0.624. The van der Waals surface area contributed by atoms with E-state index < -0.39 is 0 Å². The molecule has 0 heterocycles. The minimum Gasteiger partial charge on any atom is -0.207 e. The Labute approximate surface area is 83.0 Å². The molecule has 1 aromatic carbocycles. The minimum atomic E-state index is -0.257. The maximum Gasteiger partial charge on any atom is 0.123 e. The monoisotopic (exact) mass is 198 g/mol. The largest absolute Gasteiger partial charge is 0.207 e. The van der Waals surface area contributed by atoms with Crippen LogP contribution in [-0.2, 0) is 0 Å². The first kappa shape index (κ1) is 10.3. The van der Waals surface area contributed by atoms with Gasteiger partial charge in [0.05, 0.1) is 0 Å². The summed E-state index contributed by atoms with van der Waals surface area (Å²) in [5.74, 6) is -0.157. The topological polar surface area (TPSA) is 0 Å². The second-order valence-electron chi connectivity index (χ2n) is 3.23. The summed E-state index contributed by atoms with van der Waals surface area (Å²) in [6.07, 6.45) is 0. The van der Waals surface area contributed by atoms with Crippen molar-refractivity contribution in [2.45, 2.75) is 19.8 Å². The highest BCUT2D eigenvalue weighted by Gasteiger charge is 2.10. The Kier molecular flexibility index (Phi) is 3.10. The van der Waals surface area contributed by atoms with Crippen LogP contribution in [0.1, 0.15) is 25.3 Å². The summed E-state index contributed by atoms with van der Waals surface area (Å²) in [4.78, 5) is 0. The van der Waals surface area contributed by atoms with Crippen molar-refractivity contribution in [1.82, 2.24) is 0 Å². The normalized spacial score (nSPS) is 12.6. The molecule has 0 N–H and O–H groups in total. The summed E-state index contributed by atoms with van der Waals surface area (Å²) in [5.41, 5.74) is 1.78. The van der Waals surface area contributed by atoms with Gasteiger partial charge in [-0.1, -0.05) is 30.7 Å². The van der Waals surface area contributed by atoms with Crippen molar-refractivity contribution in [3.63, 3.8) is 0 Å². The fourth-order valence-electron chi connectivity index (χ4n) is 1.11. The zero-order valence-electron chi connectivity index (χ0n) is 7.77. The molecule has 70 valence electrons. The molecule has 1 aromatic rings. The maximum atomic E-state index is 12.9. The van der Waals surface area contributed by atoms with E-state index in [1.165, 1.54) is 12.1 Å². The summed E-state index contributed by atoms with van der Waals surface area (Å²) < 4.78 is 12.9. The quantitative estimate of drug-likeness (QED) is 0.626. The molecule has 0 saturated carbocycles. The smallest absolute Gasteiger partial charge is 0.123 e. The lowest BCUT2D eigenvalue weighted by atomic mass is 9.95. The molecule has 13 heavy (non-hydrogen) atoms. The number of hydrogen-bond acceptors (Lipinski definition) is 0. The number of allylic oxidation sites excluding steroid dienone is 1. The maximum absolute atomic E-state index is 12.9. The summed E-state index contributed by atoms with van der Waals surface area (Å²) in [6.45, 7) is 7.69. The van der Waals surface area contributed by atoms with Gasteiger partial charge in [-0.2, -0.15) is 0 Å². The van der Waals surface area contributed by atoms with E-state index in [0.717, 1.165) is 11.1 Å². The van der Waals surface area contributed by atoms with Crippen LogP contribution in [0.25, 0.3) is 0 Å². The van der Waals surface area contributed by atoms with Gasteiger partial charge in [-0.15, -0.1) is 0 Å². The summed E-state index contributed by atoms with van der Waals surface area (Å²) in [5, 5.41) is 0.594. The van der Waals surface area contributed by atoms with Gasteiger partial charge in [0.1, 0.15) is 5.82 Å². The van der Waals surface area contributed by atoms with Crippen molar-refractivity contribution in [2.75, 3.05) is 0 Å². The van der Waals surface area contributed by atoms with E-state index in [9.17, 15) is 4.39 Å². The Balaban J connectivity index is 3.12. The van der Waals surface area contributed by atoms with Gasteiger partial charge in [-0.25, -0.2) is 4.39 Å². The first-order chi connectivity index (χ1) is 6.02. The van der Waals surface area contributed by atoms with E-state index in [1.54, 1.807) is 6.07 Å². The van der Waals surface area contributed by atoms with Gasteiger partial charge in [-0.3, -0.25) is 0 Å². The lowest BCUT2D eigenvalue weighted by Crippen LogP contribution is -1.96. The van der Waals surface area contributed by atoms with Gasteiger partial charge >= 0.3 is 0 Å². The SMILES string of the molecule is C=C(C)C(C)c1cc(F)ccc1Cl. The van der Waals surface area contributed by atoms with Gasteiger partial charge in [0, 0.05) is 10.9 Å². The van der Waals surface area contributed by atoms with Crippen LogP contribution < -0.4 is 0 Å². The molecule has 0 radical (unpaired) electrons. The molecule has 0 aromatic heterocycles. The third-order valence-corrected chi connectivity index (χ3v) is 2.51. The van der Waals surface area contributed by atoms with Crippen molar-refractivity contribution >= 4 is 11.6 Å². The molecule has 0 fully saturated rings. The van der Waals surface area contributed by atoms with E-state index in [-0.39, 0.29) is 11.7 Å². The highest BCUT2D eigenvalue weighted by molar-refractivity contribution is 6.31. The molecular formula is C11H12ClF. The standard InChI is InChI=1S/C11H12ClF/c1-7(2)8(3)10-6-9(13)4-5-11(10)12/h4-6,8H,1H2,2-3H3. The molecule has 0 aliphatic carbocycles. The van der Waals surface area contributed by atoms with Crippen LogP contribution in [0.3, 0.4) is 0 Å². The molecule has 1 atom stereocenters. The van der Waals surface area contributed by atoms with E-state index in [4.69, 9.17) is 11.6 Å². The highest BCUT2D eigenvalue weighted by Crippen LogP contribution is 2.29. The fourth-order valence-corrected chi connectivity index (χ4v) is 1.39. The summed E-state index contributed by atoms with van der Waals surface area (Å²) >= 11 is 5.93. The minimum absolute atomic E-state index is 0.100. The third kappa shape index (κ3) is 2.31. The second kappa shape index (κ2) is 3.93. The number of rotatable bonds is 2. The van der Waals surface area contributed by atoms with Crippen LogP contribution in [0.2, 0.25) is 5.02 Å². The van der Waals surface area contributed by atoms with Crippen LogP contribution in [0.5, 0.6) is 0 Å². The highest BCUT2D eigenvalue weighted by atomic mass is 35.5. The van der Waals surface area contributed by atoms with Crippen molar-refractivity contribution in [2.24, 2.45) is 0 Å². The molecule has 0 spiro atoms. The number of hydrogen-bond donors (Lipinski definition) is 0. The van der Waals surface area contributed by atoms with Crippen LogP contribution in [0.15, 0.2) is 30.4 Å². The van der Waals surface area contributed by atoms with Gasteiger partial charge in [-0.05, 0) is 30.7 Å². The summed E-state index contributed by atoms with van der Waals surface area (Å²) in [7, 11) is 0. The first-order valence-electron chi connectivity index (χ1n) is 4.12. The van der Waals surface area contributed by atoms with Crippen molar-refractivity contribution in [3.05, 3.63) is 46.8 Å². The van der Waals surface area contributed by atoms with E-state index in [1.807, 2.05) is 13.8 Å². The Morgan fingerprint density at radius 3 is 2.69 bits per heavy atom. The van der Waals surface area contributed by atoms with Gasteiger partial charge in [0.25, 0.3) is 0 Å². The second-order valence-corrected chi connectivity index (χ2v) is 3.64. The molecule has 0 amide bonds. The van der Waals surface area contributed by atoms with Gasteiger partial charge < -0.3 is 0 Å². The predicted molar refractivity (Wildman–Crippen MR) is 54.6 cm³/mol. The predicted octanol–water partition coefficient (Wildman–Crippen LogP) is 4.16.